The van der Waals surface area contributed by atoms with E-state index in [9.17, 15) is 14.7 Å². The highest BCUT2D eigenvalue weighted by atomic mass is 16.5. The van der Waals surface area contributed by atoms with Crippen LogP contribution in [0.15, 0.2) is 24.3 Å². The average Bonchev–Trinajstić information content (AvgIpc) is 2.55. The molecular weight excluding hydrogens is 322 g/mol. The minimum Gasteiger partial charge on any atom is -0.390 e. The van der Waals surface area contributed by atoms with Crippen molar-refractivity contribution in [3.05, 3.63) is 35.4 Å². The van der Waals surface area contributed by atoms with E-state index in [-0.39, 0.29) is 25.0 Å². The number of hydrogen-bond acceptors (Lipinski definition) is 5. The molecule has 2 rings (SSSR count). The van der Waals surface area contributed by atoms with Gasteiger partial charge in [-0.2, -0.15) is 0 Å². The third-order valence-corrected chi connectivity index (χ3v) is 4.25. The Morgan fingerprint density at radius 1 is 1.40 bits per heavy atom. The van der Waals surface area contributed by atoms with Crippen LogP contribution >= 0.6 is 0 Å². The van der Waals surface area contributed by atoms with Gasteiger partial charge < -0.3 is 25.0 Å². The van der Waals surface area contributed by atoms with Crippen molar-refractivity contribution in [2.24, 2.45) is 0 Å². The smallest absolute Gasteiger partial charge is 0.251 e. The van der Waals surface area contributed by atoms with E-state index in [1.807, 2.05) is 50.2 Å². The summed E-state index contributed by atoms with van der Waals surface area (Å²) in [5.74, 6) is -0.495. The Morgan fingerprint density at radius 2 is 2.04 bits per heavy atom. The molecule has 0 radical (unpaired) electrons. The molecule has 3 unspecified atom stereocenters. The molecule has 0 aromatic heterocycles. The predicted molar refractivity (Wildman–Crippen MR) is 94.0 cm³/mol. The summed E-state index contributed by atoms with van der Waals surface area (Å²) < 4.78 is 5.54. The van der Waals surface area contributed by atoms with Gasteiger partial charge in [0.25, 0.3) is 5.91 Å². The van der Waals surface area contributed by atoms with Crippen LogP contribution in [-0.4, -0.2) is 79.8 Å². The van der Waals surface area contributed by atoms with Crippen LogP contribution in [0.25, 0.3) is 0 Å². The van der Waals surface area contributed by atoms with Crippen LogP contribution in [0, 0.1) is 6.92 Å². The van der Waals surface area contributed by atoms with E-state index in [0.29, 0.717) is 6.54 Å². The number of rotatable bonds is 6. The van der Waals surface area contributed by atoms with Crippen LogP contribution in [0.3, 0.4) is 0 Å². The van der Waals surface area contributed by atoms with Gasteiger partial charge in [0.2, 0.25) is 5.91 Å². The number of hydrogen-bond donors (Lipinski definition) is 2. The molecule has 25 heavy (non-hydrogen) atoms. The van der Waals surface area contributed by atoms with Crippen molar-refractivity contribution < 1.29 is 19.4 Å². The third-order valence-electron chi connectivity index (χ3n) is 4.25. The summed E-state index contributed by atoms with van der Waals surface area (Å²) in [5.41, 5.74) is 1.94. The number of ether oxygens (including phenoxy) is 1. The number of aliphatic hydroxyl groups excluding tert-OH is 1. The van der Waals surface area contributed by atoms with Gasteiger partial charge in [0.05, 0.1) is 12.1 Å². The maximum atomic E-state index is 12.6. The summed E-state index contributed by atoms with van der Waals surface area (Å²) in [4.78, 5) is 28.0. The molecule has 7 nitrogen and oxygen atoms in total. The summed E-state index contributed by atoms with van der Waals surface area (Å²) in [6.45, 7) is 2.43. The Balaban J connectivity index is 2.11. The van der Waals surface area contributed by atoms with Crippen molar-refractivity contribution in [2.45, 2.75) is 25.2 Å². The molecule has 0 aliphatic carbocycles. The van der Waals surface area contributed by atoms with Gasteiger partial charge in [0.1, 0.15) is 6.61 Å². The first-order chi connectivity index (χ1) is 11.8. The molecule has 1 aromatic carbocycles. The van der Waals surface area contributed by atoms with Crippen molar-refractivity contribution in [1.82, 2.24) is 15.1 Å². The minimum atomic E-state index is -0.808. The van der Waals surface area contributed by atoms with E-state index in [1.54, 1.807) is 11.9 Å². The maximum absolute atomic E-state index is 12.6. The number of morpholine rings is 1. The fourth-order valence-corrected chi connectivity index (χ4v) is 2.90. The summed E-state index contributed by atoms with van der Waals surface area (Å²) in [7, 11) is 5.38. The second-order valence-electron chi connectivity index (χ2n) is 6.75. The molecule has 7 heteroatoms. The van der Waals surface area contributed by atoms with Gasteiger partial charge in [-0.3, -0.25) is 9.59 Å². The molecule has 0 bridgehead atoms. The maximum Gasteiger partial charge on any atom is 0.251 e. The van der Waals surface area contributed by atoms with Crippen molar-refractivity contribution in [2.75, 3.05) is 40.8 Å². The predicted octanol–water partition coefficient (Wildman–Crippen LogP) is -0.0680. The molecule has 1 fully saturated rings. The molecule has 138 valence electrons. The van der Waals surface area contributed by atoms with Crippen LogP contribution < -0.4 is 5.32 Å². The van der Waals surface area contributed by atoms with Crippen LogP contribution in [-0.2, 0) is 14.3 Å². The molecule has 1 aliphatic heterocycles. The summed E-state index contributed by atoms with van der Waals surface area (Å²) in [6.07, 6.45) is -1.48. The average molecular weight is 349 g/mol. The molecule has 3 atom stereocenters. The van der Waals surface area contributed by atoms with Gasteiger partial charge in [-0.15, -0.1) is 0 Å². The van der Waals surface area contributed by atoms with Gasteiger partial charge in [-0.1, -0.05) is 29.8 Å². The lowest BCUT2D eigenvalue weighted by atomic mass is 9.96. The van der Waals surface area contributed by atoms with Crippen molar-refractivity contribution in [3.63, 3.8) is 0 Å². The van der Waals surface area contributed by atoms with Gasteiger partial charge in [0.15, 0.2) is 6.10 Å². The quantitative estimate of drug-likeness (QED) is 0.751. The molecule has 0 saturated carbocycles. The number of nitrogens with one attached hydrogen (secondary N) is 1. The number of benzene rings is 1. The molecule has 1 heterocycles. The molecule has 0 spiro atoms. The van der Waals surface area contributed by atoms with Crippen LogP contribution in [0.1, 0.15) is 17.2 Å². The van der Waals surface area contributed by atoms with Crippen LogP contribution in [0.4, 0.5) is 0 Å². The zero-order chi connectivity index (χ0) is 18.6. The van der Waals surface area contributed by atoms with Crippen LogP contribution in [0.5, 0.6) is 0 Å². The first-order valence-corrected chi connectivity index (χ1v) is 8.34. The molecular formula is C18H27N3O4. The van der Waals surface area contributed by atoms with E-state index < -0.39 is 18.2 Å². The Kier molecular flexibility index (Phi) is 6.52. The number of carbonyl (C=O) groups excluding carboxylic acids is 2. The van der Waals surface area contributed by atoms with Crippen molar-refractivity contribution >= 4 is 11.8 Å². The Labute approximate surface area is 148 Å². The van der Waals surface area contributed by atoms with Gasteiger partial charge in [-0.25, -0.2) is 0 Å². The second kappa shape index (κ2) is 8.42. The highest BCUT2D eigenvalue weighted by Gasteiger charge is 2.40. The summed E-state index contributed by atoms with van der Waals surface area (Å²) in [5, 5.41) is 12.6. The number of nitrogens with zero attached hydrogens (tertiary/aromatic N) is 2. The molecule has 1 aliphatic rings. The molecule has 2 N–H and O–H groups in total. The van der Waals surface area contributed by atoms with Gasteiger partial charge >= 0.3 is 0 Å². The van der Waals surface area contributed by atoms with Gasteiger partial charge in [0, 0.05) is 20.1 Å². The lowest BCUT2D eigenvalue weighted by Crippen LogP contribution is -2.54. The first-order valence-electron chi connectivity index (χ1n) is 8.34. The van der Waals surface area contributed by atoms with Gasteiger partial charge in [-0.05, 0) is 26.6 Å². The third kappa shape index (κ3) is 5.01. The van der Waals surface area contributed by atoms with E-state index in [0.717, 1.165) is 11.1 Å². The highest BCUT2D eigenvalue weighted by Crippen LogP contribution is 2.29. The number of amides is 2. The van der Waals surface area contributed by atoms with E-state index in [1.165, 1.54) is 0 Å². The first kappa shape index (κ1) is 19.4. The zero-order valence-corrected chi connectivity index (χ0v) is 15.2. The summed E-state index contributed by atoms with van der Waals surface area (Å²) in [6, 6.07) is 7.20. The summed E-state index contributed by atoms with van der Waals surface area (Å²) >= 11 is 0. The fraction of sp³-hybridized carbons (Fsp3) is 0.556. The highest BCUT2D eigenvalue weighted by molar-refractivity contribution is 5.86. The largest absolute Gasteiger partial charge is 0.390 e. The molecule has 1 saturated heterocycles. The standard InChI is InChI=1S/C18H27N3O4/c1-12-5-7-13(8-6-12)16-17(25-11-15(23)21(16)4)18(24)19-9-14(22)10-20(2)3/h5-8,14,16-17,22H,9-11H2,1-4H3,(H,19,24). The zero-order valence-electron chi connectivity index (χ0n) is 15.2. The van der Waals surface area contributed by atoms with Crippen LogP contribution in [0.2, 0.25) is 0 Å². The monoisotopic (exact) mass is 349 g/mol. The second-order valence-corrected chi connectivity index (χ2v) is 6.75. The lowest BCUT2D eigenvalue weighted by molar-refractivity contribution is -0.162. The lowest BCUT2D eigenvalue weighted by Gasteiger charge is -2.38. The molecule has 1 aromatic rings. The molecule has 2 amide bonds. The van der Waals surface area contributed by atoms with E-state index >= 15 is 0 Å². The number of aryl methyl sites for hydroxylation is 1. The SMILES string of the molecule is Cc1ccc(C2C(C(=O)NCC(O)CN(C)C)OCC(=O)N2C)cc1. The van der Waals surface area contributed by atoms with E-state index in [2.05, 4.69) is 5.32 Å². The van der Waals surface area contributed by atoms with Crippen molar-refractivity contribution in [1.29, 1.82) is 0 Å². The Bertz CT molecular complexity index is 603. The number of likely N-dealkylation sites (N-methyl/N-ethyl adjacent to an activating group) is 2. The fourth-order valence-electron chi connectivity index (χ4n) is 2.90. The van der Waals surface area contributed by atoms with Crippen molar-refractivity contribution in [3.8, 4) is 0 Å². The Morgan fingerprint density at radius 3 is 2.64 bits per heavy atom. The number of carbonyl (C=O) groups is 2. The topological polar surface area (TPSA) is 82.1 Å². The number of aliphatic hydroxyl groups is 1. The normalized spacial score (nSPS) is 22.2. The van der Waals surface area contributed by atoms with E-state index in [4.69, 9.17) is 4.74 Å². The Hall–Kier alpha value is -1.96. The minimum absolute atomic E-state index is 0.128.